The number of carbonyl (C=O) groups is 1. The number of aromatic nitrogens is 3. The van der Waals surface area contributed by atoms with Crippen LogP contribution in [0.25, 0.3) is 11.3 Å². The first kappa shape index (κ1) is 13.0. The zero-order valence-electron chi connectivity index (χ0n) is 10.9. The van der Waals surface area contributed by atoms with Gasteiger partial charge in [-0.25, -0.2) is 9.48 Å². The summed E-state index contributed by atoms with van der Waals surface area (Å²) in [5.74, 6) is -1.08. The van der Waals surface area contributed by atoms with Crippen molar-refractivity contribution in [3.05, 3.63) is 47.7 Å². The maximum absolute atomic E-state index is 11.2. The highest BCUT2D eigenvalue weighted by Crippen LogP contribution is 2.23. The Morgan fingerprint density at radius 2 is 2.21 bits per heavy atom. The average molecular weight is 257 g/mol. The summed E-state index contributed by atoms with van der Waals surface area (Å²) in [6, 6.07) is 7.61. The summed E-state index contributed by atoms with van der Waals surface area (Å²) < 4.78 is 1.57. The number of aromatic carboxylic acids is 1. The smallest absolute Gasteiger partial charge is 0.358 e. The first-order chi connectivity index (χ1) is 8.99. The molecule has 1 aromatic heterocycles. The highest BCUT2D eigenvalue weighted by atomic mass is 16.4. The zero-order chi connectivity index (χ0) is 14.0. The molecule has 0 bridgehead atoms. The summed E-state index contributed by atoms with van der Waals surface area (Å²) in [6.07, 6.45) is 0. The predicted molar refractivity (Wildman–Crippen MR) is 72.0 cm³/mol. The molecule has 0 saturated heterocycles. The van der Waals surface area contributed by atoms with Gasteiger partial charge >= 0.3 is 5.97 Å². The maximum Gasteiger partial charge on any atom is 0.358 e. The van der Waals surface area contributed by atoms with Crippen LogP contribution < -0.4 is 0 Å². The molecule has 98 valence electrons. The van der Waals surface area contributed by atoms with Crippen LogP contribution in [0.5, 0.6) is 0 Å². The number of hydrogen-bond acceptors (Lipinski definition) is 3. The molecule has 0 radical (unpaired) electrons. The molecule has 0 amide bonds. The van der Waals surface area contributed by atoms with Gasteiger partial charge in [0.25, 0.3) is 0 Å². The topological polar surface area (TPSA) is 68.0 Å². The molecule has 0 spiro atoms. The van der Waals surface area contributed by atoms with Crippen LogP contribution in [0.3, 0.4) is 0 Å². The summed E-state index contributed by atoms with van der Waals surface area (Å²) >= 11 is 0. The highest BCUT2D eigenvalue weighted by molar-refractivity contribution is 5.92. The third-order valence-corrected chi connectivity index (χ3v) is 2.65. The van der Waals surface area contributed by atoms with E-state index in [1.807, 2.05) is 38.1 Å². The van der Waals surface area contributed by atoms with Gasteiger partial charge in [-0.2, -0.15) is 0 Å². The quantitative estimate of drug-likeness (QED) is 0.854. The molecule has 5 heteroatoms. The van der Waals surface area contributed by atoms with Gasteiger partial charge in [-0.05, 0) is 19.9 Å². The first-order valence-electron chi connectivity index (χ1n) is 5.87. The second kappa shape index (κ2) is 5.06. The van der Waals surface area contributed by atoms with Crippen LogP contribution in [0.15, 0.2) is 36.4 Å². The van der Waals surface area contributed by atoms with E-state index in [0.29, 0.717) is 12.2 Å². The van der Waals surface area contributed by atoms with E-state index in [4.69, 9.17) is 0 Å². The second-order valence-electron chi connectivity index (χ2n) is 4.58. The number of carboxylic acids is 1. The lowest BCUT2D eigenvalue weighted by Crippen LogP contribution is -2.05. The van der Waals surface area contributed by atoms with E-state index in [0.717, 1.165) is 16.7 Å². The SMILES string of the molecule is C=C(C)Cn1nnc(C(=O)O)c1-c1cccc(C)c1. The monoisotopic (exact) mass is 257 g/mol. The van der Waals surface area contributed by atoms with Crippen molar-refractivity contribution >= 4 is 5.97 Å². The van der Waals surface area contributed by atoms with Gasteiger partial charge < -0.3 is 5.11 Å². The van der Waals surface area contributed by atoms with Crippen molar-refractivity contribution in [1.29, 1.82) is 0 Å². The molecule has 5 nitrogen and oxygen atoms in total. The lowest BCUT2D eigenvalue weighted by atomic mass is 10.1. The normalized spacial score (nSPS) is 10.4. The minimum absolute atomic E-state index is 0.0353. The standard InChI is InChI=1S/C14H15N3O2/c1-9(2)8-17-13(12(14(18)19)15-16-17)11-6-4-5-10(3)7-11/h4-7H,1,8H2,2-3H3,(H,18,19). The molecule has 0 aliphatic carbocycles. The summed E-state index contributed by atoms with van der Waals surface area (Å²) in [6.45, 7) is 8.09. The largest absolute Gasteiger partial charge is 0.476 e. The van der Waals surface area contributed by atoms with Gasteiger partial charge in [0.1, 0.15) is 5.69 Å². The van der Waals surface area contributed by atoms with Crippen molar-refractivity contribution in [2.24, 2.45) is 0 Å². The summed E-state index contributed by atoms with van der Waals surface area (Å²) in [4.78, 5) is 11.2. The Morgan fingerprint density at radius 1 is 1.47 bits per heavy atom. The van der Waals surface area contributed by atoms with Crippen molar-refractivity contribution in [3.63, 3.8) is 0 Å². The second-order valence-corrected chi connectivity index (χ2v) is 4.58. The van der Waals surface area contributed by atoms with E-state index >= 15 is 0 Å². The van der Waals surface area contributed by atoms with Crippen LogP contribution in [0.2, 0.25) is 0 Å². The van der Waals surface area contributed by atoms with Gasteiger partial charge in [0, 0.05) is 5.56 Å². The number of nitrogens with zero attached hydrogens (tertiary/aromatic N) is 3. The fraction of sp³-hybridized carbons (Fsp3) is 0.214. The van der Waals surface area contributed by atoms with E-state index < -0.39 is 5.97 Å². The van der Waals surface area contributed by atoms with E-state index in [1.54, 1.807) is 4.68 Å². The van der Waals surface area contributed by atoms with Crippen LogP contribution in [0, 0.1) is 6.92 Å². The van der Waals surface area contributed by atoms with Crippen LogP contribution in [0.1, 0.15) is 23.0 Å². The van der Waals surface area contributed by atoms with Crippen LogP contribution in [0.4, 0.5) is 0 Å². The Balaban J connectivity index is 2.61. The predicted octanol–water partition coefficient (Wildman–Crippen LogP) is 2.53. The molecule has 1 N–H and O–H groups in total. The zero-order valence-corrected chi connectivity index (χ0v) is 10.9. The number of allylic oxidation sites excluding steroid dienone is 1. The average Bonchev–Trinajstić information content (AvgIpc) is 2.71. The number of rotatable bonds is 4. The molecule has 0 fully saturated rings. The van der Waals surface area contributed by atoms with Crippen molar-refractivity contribution in [1.82, 2.24) is 15.0 Å². The Kier molecular flexibility index (Phi) is 3.46. The molecule has 1 aromatic carbocycles. The third-order valence-electron chi connectivity index (χ3n) is 2.65. The lowest BCUT2D eigenvalue weighted by Gasteiger charge is -2.07. The summed E-state index contributed by atoms with van der Waals surface area (Å²) in [5.41, 5.74) is 3.21. The van der Waals surface area contributed by atoms with Gasteiger partial charge in [-0.3, -0.25) is 0 Å². The first-order valence-corrected chi connectivity index (χ1v) is 5.87. The van der Waals surface area contributed by atoms with E-state index in [1.165, 1.54) is 0 Å². The molecule has 0 aliphatic heterocycles. The number of aryl methyl sites for hydroxylation is 1. The van der Waals surface area contributed by atoms with E-state index in [-0.39, 0.29) is 5.69 Å². The molecular weight excluding hydrogens is 242 g/mol. The molecule has 0 atom stereocenters. The number of benzene rings is 1. The Morgan fingerprint density at radius 3 is 2.79 bits per heavy atom. The van der Waals surface area contributed by atoms with Gasteiger partial charge in [-0.1, -0.05) is 41.1 Å². The van der Waals surface area contributed by atoms with Gasteiger partial charge in [0.15, 0.2) is 5.69 Å². The molecule has 2 aromatic rings. The van der Waals surface area contributed by atoms with Crippen molar-refractivity contribution < 1.29 is 9.90 Å². The third kappa shape index (κ3) is 2.70. The molecule has 0 aliphatic rings. The number of hydrogen-bond donors (Lipinski definition) is 1. The molecule has 0 unspecified atom stereocenters. The molecule has 2 rings (SSSR count). The van der Waals surface area contributed by atoms with Crippen molar-refractivity contribution in [2.45, 2.75) is 20.4 Å². The van der Waals surface area contributed by atoms with E-state index in [2.05, 4.69) is 16.9 Å². The number of carboxylic acid groups (broad SMARTS) is 1. The summed E-state index contributed by atoms with van der Waals surface area (Å²) in [7, 11) is 0. The summed E-state index contributed by atoms with van der Waals surface area (Å²) in [5, 5.41) is 16.9. The van der Waals surface area contributed by atoms with Gasteiger partial charge in [0.05, 0.1) is 6.54 Å². The molecule has 19 heavy (non-hydrogen) atoms. The Hall–Kier alpha value is -2.43. The molecule has 1 heterocycles. The van der Waals surface area contributed by atoms with Crippen LogP contribution in [-0.4, -0.2) is 26.1 Å². The fourth-order valence-corrected chi connectivity index (χ4v) is 1.90. The van der Waals surface area contributed by atoms with Crippen LogP contribution >= 0.6 is 0 Å². The minimum Gasteiger partial charge on any atom is -0.476 e. The lowest BCUT2D eigenvalue weighted by molar-refractivity contribution is 0.0691. The Bertz CT molecular complexity index is 644. The maximum atomic E-state index is 11.2. The Labute approximate surface area is 111 Å². The minimum atomic E-state index is -1.08. The van der Waals surface area contributed by atoms with Crippen molar-refractivity contribution in [2.75, 3.05) is 0 Å². The molecular formula is C14H15N3O2. The van der Waals surface area contributed by atoms with Gasteiger partial charge in [-0.15, -0.1) is 5.10 Å². The fourth-order valence-electron chi connectivity index (χ4n) is 1.90. The highest BCUT2D eigenvalue weighted by Gasteiger charge is 2.20. The van der Waals surface area contributed by atoms with Crippen LogP contribution in [-0.2, 0) is 6.54 Å². The van der Waals surface area contributed by atoms with Gasteiger partial charge in [0.2, 0.25) is 0 Å². The van der Waals surface area contributed by atoms with Crippen molar-refractivity contribution in [3.8, 4) is 11.3 Å². The molecule has 0 saturated carbocycles. The van der Waals surface area contributed by atoms with E-state index in [9.17, 15) is 9.90 Å².